The molecule has 2 aromatic heterocycles. The zero-order valence-corrected chi connectivity index (χ0v) is 12.1. The smallest absolute Gasteiger partial charge is 0.255 e. The molecule has 0 aromatic carbocycles. The summed E-state index contributed by atoms with van der Waals surface area (Å²) in [5.41, 5.74) is 1.44. The highest BCUT2D eigenvalue weighted by Gasteiger charge is 2.16. The van der Waals surface area contributed by atoms with Gasteiger partial charge in [0.05, 0.1) is 10.6 Å². The van der Waals surface area contributed by atoms with Gasteiger partial charge in [0.25, 0.3) is 5.91 Å². The standard InChI is InChI=1S/C14H15ClN4O/c1-16-13-7-11(12(15)8-18-13)14(20)19(2)9-10-3-5-17-6-4-10/h3-8H,9H2,1-2H3,(H,16,18). The van der Waals surface area contributed by atoms with Crippen LogP contribution in [0, 0.1) is 0 Å². The van der Waals surface area contributed by atoms with Crippen molar-refractivity contribution in [2.24, 2.45) is 0 Å². The van der Waals surface area contributed by atoms with Gasteiger partial charge in [-0.05, 0) is 23.8 Å². The van der Waals surface area contributed by atoms with Crippen LogP contribution in [0.5, 0.6) is 0 Å². The van der Waals surface area contributed by atoms with Crippen LogP contribution in [0.25, 0.3) is 0 Å². The lowest BCUT2D eigenvalue weighted by Crippen LogP contribution is -2.26. The van der Waals surface area contributed by atoms with E-state index in [1.165, 1.54) is 6.20 Å². The van der Waals surface area contributed by atoms with Gasteiger partial charge < -0.3 is 10.2 Å². The fraction of sp³-hybridized carbons (Fsp3) is 0.214. The molecule has 5 nitrogen and oxygen atoms in total. The fourth-order valence-corrected chi connectivity index (χ4v) is 1.96. The van der Waals surface area contributed by atoms with Crippen LogP contribution in [0.4, 0.5) is 5.82 Å². The number of anilines is 1. The maximum atomic E-state index is 12.4. The molecule has 0 atom stereocenters. The molecule has 0 unspecified atom stereocenters. The molecule has 0 bridgehead atoms. The van der Waals surface area contributed by atoms with E-state index < -0.39 is 0 Å². The normalized spacial score (nSPS) is 10.2. The van der Waals surface area contributed by atoms with Crippen LogP contribution in [0.1, 0.15) is 15.9 Å². The molecular formula is C14H15ClN4O. The van der Waals surface area contributed by atoms with E-state index in [4.69, 9.17) is 11.6 Å². The summed E-state index contributed by atoms with van der Waals surface area (Å²) in [6.07, 6.45) is 4.87. The minimum absolute atomic E-state index is 0.147. The van der Waals surface area contributed by atoms with Gasteiger partial charge in [-0.3, -0.25) is 9.78 Å². The van der Waals surface area contributed by atoms with E-state index in [1.807, 2.05) is 12.1 Å². The van der Waals surface area contributed by atoms with Crippen molar-refractivity contribution in [1.29, 1.82) is 0 Å². The molecule has 0 radical (unpaired) electrons. The number of halogens is 1. The van der Waals surface area contributed by atoms with Crippen LogP contribution in [0.2, 0.25) is 5.02 Å². The highest BCUT2D eigenvalue weighted by Crippen LogP contribution is 2.20. The Hall–Kier alpha value is -2.14. The molecule has 0 saturated heterocycles. The lowest BCUT2D eigenvalue weighted by atomic mass is 10.2. The number of rotatable bonds is 4. The largest absolute Gasteiger partial charge is 0.373 e. The van der Waals surface area contributed by atoms with Crippen LogP contribution in [0.15, 0.2) is 36.8 Å². The molecule has 2 heterocycles. The lowest BCUT2D eigenvalue weighted by molar-refractivity contribution is 0.0785. The van der Waals surface area contributed by atoms with Crippen molar-refractivity contribution in [3.8, 4) is 0 Å². The van der Waals surface area contributed by atoms with Crippen molar-refractivity contribution in [3.05, 3.63) is 52.9 Å². The summed E-state index contributed by atoms with van der Waals surface area (Å²) in [4.78, 5) is 22.0. The molecule has 0 aliphatic carbocycles. The highest BCUT2D eigenvalue weighted by atomic mass is 35.5. The Morgan fingerprint density at radius 1 is 1.40 bits per heavy atom. The van der Waals surface area contributed by atoms with E-state index in [0.29, 0.717) is 22.9 Å². The molecule has 20 heavy (non-hydrogen) atoms. The number of hydrogen-bond donors (Lipinski definition) is 1. The lowest BCUT2D eigenvalue weighted by Gasteiger charge is -2.18. The SMILES string of the molecule is CNc1cc(C(=O)N(C)Cc2ccncc2)c(Cl)cn1. The van der Waals surface area contributed by atoms with Crippen molar-refractivity contribution >= 4 is 23.3 Å². The first kappa shape index (κ1) is 14.3. The second-order valence-electron chi connectivity index (χ2n) is 4.32. The van der Waals surface area contributed by atoms with Gasteiger partial charge in [-0.25, -0.2) is 4.98 Å². The Morgan fingerprint density at radius 3 is 2.75 bits per heavy atom. The minimum atomic E-state index is -0.147. The van der Waals surface area contributed by atoms with Gasteiger partial charge in [0.1, 0.15) is 5.82 Å². The number of hydrogen-bond acceptors (Lipinski definition) is 4. The molecule has 6 heteroatoms. The summed E-state index contributed by atoms with van der Waals surface area (Å²) in [5.74, 6) is 0.459. The van der Waals surface area contributed by atoms with E-state index in [2.05, 4.69) is 15.3 Å². The summed E-state index contributed by atoms with van der Waals surface area (Å²) < 4.78 is 0. The molecule has 0 spiro atoms. The monoisotopic (exact) mass is 290 g/mol. The summed E-state index contributed by atoms with van der Waals surface area (Å²) in [6, 6.07) is 5.39. The van der Waals surface area contributed by atoms with Crippen LogP contribution in [-0.2, 0) is 6.54 Å². The van der Waals surface area contributed by atoms with Crippen molar-refractivity contribution in [1.82, 2.24) is 14.9 Å². The molecule has 1 amide bonds. The zero-order valence-electron chi connectivity index (χ0n) is 11.3. The van der Waals surface area contributed by atoms with Gasteiger partial charge in [-0.1, -0.05) is 11.6 Å². The van der Waals surface area contributed by atoms with E-state index in [-0.39, 0.29) is 5.91 Å². The third-order valence-electron chi connectivity index (χ3n) is 2.86. The Morgan fingerprint density at radius 2 is 2.10 bits per heavy atom. The molecule has 2 aromatic rings. The highest BCUT2D eigenvalue weighted by molar-refractivity contribution is 6.33. The van der Waals surface area contributed by atoms with Crippen molar-refractivity contribution in [2.75, 3.05) is 19.4 Å². The summed E-state index contributed by atoms with van der Waals surface area (Å²) in [7, 11) is 3.48. The maximum Gasteiger partial charge on any atom is 0.255 e. The van der Waals surface area contributed by atoms with Crippen LogP contribution in [0.3, 0.4) is 0 Å². The van der Waals surface area contributed by atoms with E-state index >= 15 is 0 Å². The Kier molecular flexibility index (Phi) is 4.53. The van der Waals surface area contributed by atoms with Crippen molar-refractivity contribution < 1.29 is 4.79 Å². The van der Waals surface area contributed by atoms with Crippen molar-refractivity contribution in [2.45, 2.75) is 6.54 Å². The van der Waals surface area contributed by atoms with Crippen molar-refractivity contribution in [3.63, 3.8) is 0 Å². The van der Waals surface area contributed by atoms with Gasteiger partial charge in [-0.15, -0.1) is 0 Å². The third kappa shape index (κ3) is 3.24. The fourth-order valence-electron chi connectivity index (χ4n) is 1.78. The van der Waals surface area contributed by atoms with Crippen LogP contribution in [-0.4, -0.2) is 34.9 Å². The van der Waals surface area contributed by atoms with E-state index in [1.54, 1.807) is 37.5 Å². The number of nitrogens with zero attached hydrogens (tertiary/aromatic N) is 3. The Bertz CT molecular complexity index is 603. The third-order valence-corrected chi connectivity index (χ3v) is 3.16. The predicted molar refractivity (Wildman–Crippen MR) is 78.8 cm³/mol. The maximum absolute atomic E-state index is 12.4. The second-order valence-corrected chi connectivity index (χ2v) is 4.72. The first-order valence-corrected chi connectivity index (χ1v) is 6.47. The van der Waals surface area contributed by atoms with E-state index in [9.17, 15) is 4.79 Å². The summed E-state index contributed by atoms with van der Waals surface area (Å²) >= 11 is 6.05. The average molecular weight is 291 g/mol. The average Bonchev–Trinajstić information content (AvgIpc) is 2.48. The molecular weight excluding hydrogens is 276 g/mol. The van der Waals surface area contributed by atoms with Gasteiger partial charge >= 0.3 is 0 Å². The molecule has 0 aliphatic heterocycles. The molecule has 0 saturated carbocycles. The van der Waals surface area contributed by atoms with Gasteiger partial charge in [0, 0.05) is 39.2 Å². The second kappa shape index (κ2) is 6.34. The van der Waals surface area contributed by atoms with Gasteiger partial charge in [0.15, 0.2) is 0 Å². The quantitative estimate of drug-likeness (QED) is 0.940. The van der Waals surface area contributed by atoms with E-state index in [0.717, 1.165) is 5.56 Å². The van der Waals surface area contributed by atoms with Gasteiger partial charge in [0.2, 0.25) is 0 Å². The zero-order chi connectivity index (χ0) is 14.5. The number of carbonyl (C=O) groups is 1. The van der Waals surface area contributed by atoms with Gasteiger partial charge in [-0.2, -0.15) is 0 Å². The molecule has 0 aliphatic rings. The first-order valence-electron chi connectivity index (χ1n) is 6.09. The van der Waals surface area contributed by atoms with Crippen LogP contribution >= 0.6 is 11.6 Å². The number of amides is 1. The molecule has 1 N–H and O–H groups in total. The predicted octanol–water partition coefficient (Wildman–Crippen LogP) is 2.44. The first-order chi connectivity index (χ1) is 9.61. The van der Waals surface area contributed by atoms with Crippen LogP contribution < -0.4 is 5.32 Å². The molecule has 2 rings (SSSR count). The topological polar surface area (TPSA) is 58.1 Å². The number of carbonyl (C=O) groups excluding carboxylic acids is 1. The molecule has 0 fully saturated rings. The minimum Gasteiger partial charge on any atom is -0.373 e. The number of pyridine rings is 2. The number of nitrogens with one attached hydrogen (secondary N) is 1. The Balaban J connectivity index is 2.18. The number of aromatic nitrogens is 2. The Labute approximate surface area is 122 Å². The molecule has 104 valence electrons. The summed E-state index contributed by atoms with van der Waals surface area (Å²) in [5, 5.41) is 3.23. The summed E-state index contributed by atoms with van der Waals surface area (Å²) in [6.45, 7) is 0.495.